The predicted octanol–water partition coefficient (Wildman–Crippen LogP) is 7.61. The molecule has 5 rings (SSSR count). The molecule has 32 heavy (non-hydrogen) atoms. The van der Waals surface area contributed by atoms with Gasteiger partial charge in [0.25, 0.3) is 0 Å². The molecule has 0 amide bonds. The molecule has 0 bridgehead atoms. The zero-order chi connectivity index (χ0) is 21.8. The number of allylic oxidation sites excluding steroid dienone is 8. The molecule has 0 spiro atoms. The van der Waals surface area contributed by atoms with Crippen molar-refractivity contribution in [2.75, 3.05) is 0 Å². The van der Waals surface area contributed by atoms with E-state index in [1.54, 1.807) is 0 Å². The molecule has 0 radical (unpaired) electrons. The molecule has 0 saturated heterocycles. The van der Waals surface area contributed by atoms with Crippen LogP contribution in [0.5, 0.6) is 0 Å². The molecule has 2 aromatic rings. The van der Waals surface area contributed by atoms with Gasteiger partial charge in [0.05, 0.1) is 11.4 Å². The van der Waals surface area contributed by atoms with E-state index in [1.807, 2.05) is 0 Å². The van der Waals surface area contributed by atoms with E-state index in [0.29, 0.717) is 5.92 Å². The van der Waals surface area contributed by atoms with Crippen LogP contribution in [0.4, 0.5) is 0 Å². The van der Waals surface area contributed by atoms with Gasteiger partial charge in [0.15, 0.2) is 0 Å². The third-order valence-electron chi connectivity index (χ3n) is 6.67. The van der Waals surface area contributed by atoms with Crippen molar-refractivity contribution in [1.82, 2.24) is 0 Å². The van der Waals surface area contributed by atoms with Gasteiger partial charge < -0.3 is 0 Å². The van der Waals surface area contributed by atoms with Crippen LogP contribution in [0.1, 0.15) is 60.8 Å². The lowest BCUT2D eigenvalue weighted by Crippen LogP contribution is -2.19. The zero-order valence-corrected chi connectivity index (χ0v) is 18.8. The summed E-state index contributed by atoms with van der Waals surface area (Å²) in [5.74, 6) is 0.311. The summed E-state index contributed by atoms with van der Waals surface area (Å²) < 4.78 is 0. The van der Waals surface area contributed by atoms with Crippen molar-refractivity contribution in [2.45, 2.75) is 45.4 Å². The topological polar surface area (TPSA) is 24.7 Å². The summed E-state index contributed by atoms with van der Waals surface area (Å²) in [7, 11) is 0. The Morgan fingerprint density at radius 3 is 2.25 bits per heavy atom. The molecule has 0 saturated carbocycles. The first-order chi connectivity index (χ1) is 15.8. The molecule has 2 aliphatic carbocycles. The van der Waals surface area contributed by atoms with E-state index in [9.17, 15) is 0 Å². The van der Waals surface area contributed by atoms with Crippen LogP contribution in [0.3, 0.4) is 0 Å². The molecular weight excluding hydrogens is 388 g/mol. The van der Waals surface area contributed by atoms with Gasteiger partial charge in [-0.25, -0.2) is 0 Å². The number of benzene rings is 2. The average molecular weight is 419 g/mol. The second-order valence-electron chi connectivity index (χ2n) is 8.91. The van der Waals surface area contributed by atoms with Gasteiger partial charge >= 0.3 is 0 Å². The maximum absolute atomic E-state index is 4.88. The summed E-state index contributed by atoms with van der Waals surface area (Å²) >= 11 is 0. The van der Waals surface area contributed by atoms with Crippen LogP contribution in [-0.4, -0.2) is 11.4 Å². The van der Waals surface area contributed by atoms with Crippen molar-refractivity contribution in [3.05, 3.63) is 113 Å². The first kappa shape index (κ1) is 20.6. The Bertz CT molecular complexity index is 1150. The molecule has 1 heterocycles. The molecular formula is C30H30N2. The van der Waals surface area contributed by atoms with E-state index in [4.69, 9.17) is 10.2 Å². The number of nitrogens with zero attached hydrogens (tertiary/aromatic N) is 2. The van der Waals surface area contributed by atoms with Crippen molar-refractivity contribution in [2.24, 2.45) is 16.1 Å². The SMILES string of the molecule is Cc1ccc(C2=NN=C(c3ccc(C4=CCCC=C4)cc3)C(C3=CC=CCC3)CC2)cc1. The highest BCUT2D eigenvalue weighted by atomic mass is 15.2. The van der Waals surface area contributed by atoms with Gasteiger partial charge in [0.2, 0.25) is 0 Å². The highest BCUT2D eigenvalue weighted by Crippen LogP contribution is 2.32. The monoisotopic (exact) mass is 418 g/mol. The largest absolute Gasteiger partial charge is 0.155 e. The van der Waals surface area contributed by atoms with Crippen LogP contribution in [0.25, 0.3) is 5.57 Å². The van der Waals surface area contributed by atoms with E-state index in [-0.39, 0.29) is 0 Å². The van der Waals surface area contributed by atoms with Crippen LogP contribution in [-0.2, 0) is 0 Å². The zero-order valence-electron chi connectivity index (χ0n) is 18.8. The van der Waals surface area contributed by atoms with Crippen LogP contribution in [0.15, 0.2) is 101 Å². The standard InChI is InChI=1S/C30H30N2/c1-22-12-14-26(15-13-22)29-21-20-28(25-10-6-3-7-11-25)30(32-31-29)27-18-16-24(17-19-27)23-8-4-2-5-9-23/h3-4,6,8-10,12-19,28H,2,5,7,11,20-21H2,1H3. The molecule has 2 aromatic carbocycles. The van der Waals surface area contributed by atoms with Crippen molar-refractivity contribution in [3.63, 3.8) is 0 Å². The normalized spacial score (nSPS) is 20.7. The highest BCUT2D eigenvalue weighted by Gasteiger charge is 2.25. The fourth-order valence-electron chi connectivity index (χ4n) is 4.79. The third-order valence-corrected chi connectivity index (χ3v) is 6.67. The lowest BCUT2D eigenvalue weighted by Gasteiger charge is -2.22. The van der Waals surface area contributed by atoms with E-state index in [1.165, 1.54) is 33.4 Å². The maximum atomic E-state index is 4.88. The minimum Gasteiger partial charge on any atom is -0.155 e. The summed E-state index contributed by atoms with van der Waals surface area (Å²) in [6.45, 7) is 2.12. The first-order valence-electron chi connectivity index (χ1n) is 11.8. The maximum Gasteiger partial charge on any atom is 0.0774 e. The Balaban J connectivity index is 1.50. The molecule has 0 aromatic heterocycles. The lowest BCUT2D eigenvalue weighted by molar-refractivity contribution is 0.696. The van der Waals surface area contributed by atoms with E-state index < -0.39 is 0 Å². The Morgan fingerprint density at radius 1 is 0.750 bits per heavy atom. The van der Waals surface area contributed by atoms with Crippen molar-refractivity contribution in [1.29, 1.82) is 0 Å². The van der Waals surface area contributed by atoms with E-state index in [2.05, 4.69) is 91.9 Å². The smallest absolute Gasteiger partial charge is 0.0774 e. The Labute approximate surface area is 191 Å². The summed E-state index contributed by atoms with van der Waals surface area (Å²) in [5, 5.41) is 9.66. The van der Waals surface area contributed by atoms with Gasteiger partial charge in [-0.15, -0.1) is 0 Å². The number of aryl methyl sites for hydroxylation is 1. The number of hydrogen-bond acceptors (Lipinski definition) is 2. The van der Waals surface area contributed by atoms with Crippen LogP contribution < -0.4 is 0 Å². The number of hydrogen-bond donors (Lipinski definition) is 0. The van der Waals surface area contributed by atoms with Gasteiger partial charge in [0, 0.05) is 5.92 Å². The fraction of sp³-hybridized carbons (Fsp3) is 0.267. The molecule has 1 unspecified atom stereocenters. The van der Waals surface area contributed by atoms with Crippen molar-refractivity contribution < 1.29 is 0 Å². The van der Waals surface area contributed by atoms with Crippen molar-refractivity contribution >= 4 is 17.0 Å². The fourth-order valence-corrected chi connectivity index (χ4v) is 4.79. The Hall–Kier alpha value is -3.26. The van der Waals surface area contributed by atoms with E-state index in [0.717, 1.165) is 49.9 Å². The minimum absolute atomic E-state index is 0.311. The summed E-state index contributed by atoms with van der Waals surface area (Å²) in [6.07, 6.45) is 20.1. The van der Waals surface area contributed by atoms with Gasteiger partial charge in [-0.1, -0.05) is 96.1 Å². The average Bonchev–Trinajstić information content (AvgIpc) is 3.09. The second kappa shape index (κ2) is 9.48. The molecule has 0 N–H and O–H groups in total. The molecule has 1 atom stereocenters. The molecule has 0 fully saturated rings. The molecule has 160 valence electrons. The quantitative estimate of drug-likeness (QED) is 0.488. The minimum atomic E-state index is 0.311. The summed E-state index contributed by atoms with van der Waals surface area (Å²) in [5.41, 5.74) is 9.91. The predicted molar refractivity (Wildman–Crippen MR) is 136 cm³/mol. The van der Waals surface area contributed by atoms with E-state index >= 15 is 0 Å². The Kier molecular flexibility index (Phi) is 6.11. The van der Waals surface area contributed by atoms with Crippen LogP contribution in [0, 0.1) is 12.8 Å². The van der Waals surface area contributed by atoms with Gasteiger partial charge in [-0.3, -0.25) is 0 Å². The molecule has 2 heteroatoms. The first-order valence-corrected chi connectivity index (χ1v) is 11.8. The van der Waals surface area contributed by atoms with Crippen molar-refractivity contribution in [3.8, 4) is 0 Å². The molecule has 1 aliphatic heterocycles. The third kappa shape index (κ3) is 4.50. The lowest BCUT2D eigenvalue weighted by atomic mass is 9.81. The van der Waals surface area contributed by atoms with Gasteiger partial charge in [0.1, 0.15) is 0 Å². The second-order valence-corrected chi connectivity index (χ2v) is 8.91. The molecule has 2 nitrogen and oxygen atoms in total. The molecule has 3 aliphatic rings. The van der Waals surface area contributed by atoms with Gasteiger partial charge in [-0.2, -0.15) is 10.2 Å². The number of rotatable bonds is 4. The summed E-state index contributed by atoms with van der Waals surface area (Å²) in [4.78, 5) is 0. The summed E-state index contributed by atoms with van der Waals surface area (Å²) in [6, 6.07) is 17.6. The van der Waals surface area contributed by atoms with Crippen LogP contribution >= 0.6 is 0 Å². The Morgan fingerprint density at radius 2 is 1.53 bits per heavy atom. The van der Waals surface area contributed by atoms with Gasteiger partial charge in [-0.05, 0) is 67.7 Å². The van der Waals surface area contributed by atoms with Crippen LogP contribution in [0.2, 0.25) is 0 Å². The highest BCUT2D eigenvalue weighted by molar-refractivity contribution is 6.07.